The van der Waals surface area contributed by atoms with E-state index in [2.05, 4.69) is 30.4 Å². The number of hydrogen-bond donors (Lipinski definition) is 1. The van der Waals surface area contributed by atoms with Crippen molar-refractivity contribution in [2.24, 2.45) is 0 Å². The summed E-state index contributed by atoms with van der Waals surface area (Å²) in [6.07, 6.45) is -1.09. The SMILES string of the molecule is O=c1nccncc1Nc1nc2c(C(F)(F)F)cccc2c2nc(-c3cccc(F)c3)nn12. The monoisotopic (exact) mass is 453 g/mol. The number of hydrogen-bond acceptors (Lipinski definition) is 7. The van der Waals surface area contributed by atoms with E-state index in [0.29, 0.717) is 5.56 Å². The summed E-state index contributed by atoms with van der Waals surface area (Å²) in [4.78, 5) is 28.1. The van der Waals surface area contributed by atoms with Gasteiger partial charge in [-0.3, -0.25) is 9.78 Å². The summed E-state index contributed by atoms with van der Waals surface area (Å²) in [5.41, 5.74) is -1.90. The molecule has 0 saturated carbocycles. The molecule has 0 fully saturated rings. The van der Waals surface area contributed by atoms with Crippen LogP contribution in [0.5, 0.6) is 0 Å². The Labute approximate surface area is 181 Å². The standard InChI is InChI=1S/C21H11F4N7O/c22-12-4-1-3-11(9-12)17-30-18-13-5-2-6-14(21(23,24)25)16(13)29-20(32(18)31-17)28-15-10-26-7-8-27-19(15)33/h1-10H,(H,27,28,29,33). The molecule has 8 nitrogen and oxygen atoms in total. The van der Waals surface area contributed by atoms with Crippen LogP contribution >= 0.6 is 0 Å². The van der Waals surface area contributed by atoms with Gasteiger partial charge in [0, 0.05) is 23.3 Å². The fourth-order valence-corrected chi connectivity index (χ4v) is 3.28. The number of anilines is 2. The van der Waals surface area contributed by atoms with E-state index in [1.807, 2.05) is 0 Å². The van der Waals surface area contributed by atoms with Gasteiger partial charge >= 0.3 is 6.18 Å². The highest BCUT2D eigenvalue weighted by molar-refractivity contribution is 5.95. The van der Waals surface area contributed by atoms with Crippen molar-refractivity contribution >= 4 is 28.2 Å². The molecule has 3 heterocycles. The third-order valence-corrected chi connectivity index (χ3v) is 4.72. The molecule has 0 aliphatic heterocycles. The van der Waals surface area contributed by atoms with Gasteiger partial charge in [-0.15, -0.1) is 5.10 Å². The number of benzene rings is 2. The van der Waals surface area contributed by atoms with Crippen LogP contribution in [0.25, 0.3) is 27.9 Å². The highest BCUT2D eigenvalue weighted by atomic mass is 19.4. The molecular formula is C21H11F4N7O. The van der Waals surface area contributed by atoms with Gasteiger partial charge in [0.15, 0.2) is 11.5 Å². The third kappa shape index (κ3) is 3.71. The Hall–Kier alpha value is -4.48. The number of alkyl halides is 3. The lowest BCUT2D eigenvalue weighted by Gasteiger charge is -2.12. The van der Waals surface area contributed by atoms with Gasteiger partial charge in [-0.05, 0) is 24.3 Å². The van der Waals surface area contributed by atoms with Crippen molar-refractivity contribution in [1.29, 1.82) is 0 Å². The molecule has 0 atom stereocenters. The number of aromatic nitrogens is 6. The van der Waals surface area contributed by atoms with E-state index in [4.69, 9.17) is 0 Å². The molecule has 2 aromatic carbocycles. The van der Waals surface area contributed by atoms with Gasteiger partial charge in [0.2, 0.25) is 5.95 Å². The van der Waals surface area contributed by atoms with Gasteiger partial charge in [-0.1, -0.05) is 18.2 Å². The van der Waals surface area contributed by atoms with E-state index in [1.54, 1.807) is 6.07 Å². The maximum Gasteiger partial charge on any atom is 0.418 e. The van der Waals surface area contributed by atoms with E-state index in [9.17, 15) is 22.4 Å². The molecule has 0 bridgehead atoms. The van der Waals surface area contributed by atoms with Gasteiger partial charge in [-0.25, -0.2) is 19.3 Å². The maximum absolute atomic E-state index is 13.7. The summed E-state index contributed by atoms with van der Waals surface area (Å²) in [5, 5.41) is 7.02. The largest absolute Gasteiger partial charge is 0.418 e. The van der Waals surface area contributed by atoms with Crippen LogP contribution in [0.2, 0.25) is 0 Å². The fourth-order valence-electron chi connectivity index (χ4n) is 3.28. The first kappa shape index (κ1) is 20.4. The first-order chi connectivity index (χ1) is 15.8. The molecule has 0 aliphatic rings. The number of nitrogens with one attached hydrogen (secondary N) is 1. The molecule has 3 aromatic heterocycles. The van der Waals surface area contributed by atoms with Crippen LogP contribution in [0.15, 0.2) is 65.8 Å². The number of fused-ring (bicyclic) bond motifs is 3. The lowest BCUT2D eigenvalue weighted by Crippen LogP contribution is -2.13. The van der Waals surface area contributed by atoms with Crippen molar-refractivity contribution in [3.8, 4) is 11.4 Å². The van der Waals surface area contributed by atoms with Crippen LogP contribution in [-0.4, -0.2) is 29.5 Å². The molecule has 0 spiro atoms. The van der Waals surface area contributed by atoms with Gasteiger partial charge in [0.05, 0.1) is 17.3 Å². The number of nitrogens with zero attached hydrogens (tertiary/aromatic N) is 6. The lowest BCUT2D eigenvalue weighted by atomic mass is 10.1. The summed E-state index contributed by atoms with van der Waals surface area (Å²) in [6.45, 7) is 0. The highest BCUT2D eigenvalue weighted by Crippen LogP contribution is 2.36. The molecule has 5 rings (SSSR count). The van der Waals surface area contributed by atoms with Gasteiger partial charge in [0.1, 0.15) is 11.5 Å². The van der Waals surface area contributed by atoms with Crippen molar-refractivity contribution in [3.05, 3.63) is 82.8 Å². The minimum atomic E-state index is -4.69. The van der Waals surface area contributed by atoms with Crippen LogP contribution < -0.4 is 10.9 Å². The zero-order valence-corrected chi connectivity index (χ0v) is 16.4. The summed E-state index contributed by atoms with van der Waals surface area (Å²) in [6, 6.07) is 9.00. The second kappa shape index (κ2) is 7.58. The minimum absolute atomic E-state index is 0.0292. The van der Waals surface area contributed by atoms with Crippen LogP contribution in [0.4, 0.5) is 29.2 Å². The summed E-state index contributed by atoms with van der Waals surface area (Å²) < 4.78 is 55.9. The van der Waals surface area contributed by atoms with Gasteiger partial charge < -0.3 is 5.32 Å². The second-order valence-corrected chi connectivity index (χ2v) is 6.87. The predicted molar refractivity (Wildman–Crippen MR) is 110 cm³/mol. The Balaban J connectivity index is 1.83. The normalized spacial score (nSPS) is 11.8. The zero-order valence-electron chi connectivity index (χ0n) is 16.4. The van der Waals surface area contributed by atoms with Crippen LogP contribution in [-0.2, 0) is 6.18 Å². The van der Waals surface area contributed by atoms with Crippen molar-refractivity contribution in [1.82, 2.24) is 29.5 Å². The summed E-state index contributed by atoms with van der Waals surface area (Å²) in [5.74, 6) is -0.699. The predicted octanol–water partition coefficient (Wildman–Crippen LogP) is 4.00. The topological polar surface area (TPSA) is 98.0 Å². The number of rotatable bonds is 3. The van der Waals surface area contributed by atoms with E-state index >= 15 is 0 Å². The smallest absolute Gasteiger partial charge is 0.318 e. The van der Waals surface area contributed by atoms with E-state index < -0.39 is 28.6 Å². The maximum atomic E-state index is 13.7. The zero-order chi connectivity index (χ0) is 23.2. The molecule has 12 heteroatoms. The van der Waals surface area contributed by atoms with Crippen LogP contribution in [0.1, 0.15) is 5.56 Å². The Morgan fingerprint density at radius 1 is 1.00 bits per heavy atom. The van der Waals surface area contributed by atoms with Crippen molar-refractivity contribution in [2.45, 2.75) is 6.18 Å². The van der Waals surface area contributed by atoms with Crippen molar-refractivity contribution < 1.29 is 17.6 Å². The molecule has 5 aromatic rings. The van der Waals surface area contributed by atoms with Gasteiger partial charge in [-0.2, -0.15) is 17.7 Å². The van der Waals surface area contributed by atoms with E-state index in [0.717, 1.165) is 16.8 Å². The molecule has 33 heavy (non-hydrogen) atoms. The summed E-state index contributed by atoms with van der Waals surface area (Å²) in [7, 11) is 0. The van der Waals surface area contributed by atoms with E-state index in [-0.39, 0.29) is 28.5 Å². The fraction of sp³-hybridized carbons (Fsp3) is 0.0476. The Bertz CT molecular complexity index is 1580. The minimum Gasteiger partial charge on any atom is -0.318 e. The first-order valence-corrected chi connectivity index (χ1v) is 9.41. The Morgan fingerprint density at radius 2 is 1.82 bits per heavy atom. The number of halogens is 4. The third-order valence-electron chi connectivity index (χ3n) is 4.72. The Morgan fingerprint density at radius 3 is 2.61 bits per heavy atom. The number of para-hydroxylation sites is 1. The van der Waals surface area contributed by atoms with Crippen molar-refractivity contribution in [3.63, 3.8) is 0 Å². The average molecular weight is 453 g/mol. The molecule has 164 valence electrons. The summed E-state index contributed by atoms with van der Waals surface area (Å²) >= 11 is 0. The van der Waals surface area contributed by atoms with Crippen LogP contribution in [0.3, 0.4) is 0 Å². The molecule has 1 N–H and O–H groups in total. The van der Waals surface area contributed by atoms with E-state index in [1.165, 1.54) is 42.7 Å². The average Bonchev–Trinajstić information content (AvgIpc) is 3.13. The molecule has 0 aliphatic carbocycles. The van der Waals surface area contributed by atoms with Gasteiger partial charge in [0.25, 0.3) is 5.56 Å². The van der Waals surface area contributed by atoms with Crippen LogP contribution in [0, 0.1) is 5.82 Å². The Kier molecular flexibility index (Phi) is 4.69. The quantitative estimate of drug-likeness (QED) is 0.413. The lowest BCUT2D eigenvalue weighted by molar-refractivity contribution is -0.136. The highest BCUT2D eigenvalue weighted by Gasteiger charge is 2.34. The first-order valence-electron chi connectivity index (χ1n) is 9.41. The molecule has 0 amide bonds. The molecular weight excluding hydrogens is 442 g/mol. The molecule has 0 radical (unpaired) electrons. The molecule has 0 saturated heterocycles. The second-order valence-electron chi connectivity index (χ2n) is 6.87. The molecule has 0 unspecified atom stereocenters. The van der Waals surface area contributed by atoms with Crippen molar-refractivity contribution in [2.75, 3.05) is 5.32 Å².